The third-order valence-electron chi connectivity index (χ3n) is 2.59. The second kappa shape index (κ2) is 7.02. The highest BCUT2D eigenvalue weighted by molar-refractivity contribution is 7.99. The Hall–Kier alpha value is -0.710. The van der Waals surface area contributed by atoms with Gasteiger partial charge in [-0.1, -0.05) is 23.7 Å². The Balaban J connectivity index is 2.35. The quantitative estimate of drug-likeness (QED) is 0.496. The number of benzene rings is 1. The van der Waals surface area contributed by atoms with Gasteiger partial charge in [-0.05, 0) is 37.7 Å². The van der Waals surface area contributed by atoms with Crippen molar-refractivity contribution in [3.8, 4) is 0 Å². The van der Waals surface area contributed by atoms with Crippen LogP contribution in [0.3, 0.4) is 0 Å². The zero-order valence-corrected chi connectivity index (χ0v) is 12.2. The molecule has 5 heteroatoms. The highest BCUT2D eigenvalue weighted by Crippen LogP contribution is 2.27. The lowest BCUT2D eigenvalue weighted by Crippen LogP contribution is -2.45. The molecule has 0 aliphatic carbocycles. The molecule has 0 aliphatic rings. The SMILES string of the molecule is COC(=O)C(C)(N)CCCSc1ccccc1Cl. The molecule has 2 N–H and O–H groups in total. The number of carbonyl (C=O) groups is 1. The fraction of sp³-hybridized carbons (Fsp3) is 0.462. The number of methoxy groups -OCH3 is 1. The van der Waals surface area contributed by atoms with Crippen molar-refractivity contribution in [2.75, 3.05) is 12.9 Å². The molecule has 1 rings (SSSR count). The Labute approximate surface area is 117 Å². The predicted molar refractivity (Wildman–Crippen MR) is 76.0 cm³/mol. The monoisotopic (exact) mass is 287 g/mol. The van der Waals surface area contributed by atoms with Crippen molar-refractivity contribution in [3.05, 3.63) is 29.3 Å². The molecule has 100 valence electrons. The van der Waals surface area contributed by atoms with Crippen LogP contribution in [0.2, 0.25) is 5.02 Å². The van der Waals surface area contributed by atoms with E-state index >= 15 is 0 Å². The van der Waals surface area contributed by atoms with Gasteiger partial charge in [0.15, 0.2) is 0 Å². The summed E-state index contributed by atoms with van der Waals surface area (Å²) in [6, 6.07) is 7.71. The molecule has 0 saturated carbocycles. The van der Waals surface area contributed by atoms with Crippen molar-refractivity contribution in [3.63, 3.8) is 0 Å². The second-order valence-electron chi connectivity index (χ2n) is 4.29. The number of nitrogens with two attached hydrogens (primary N) is 1. The Kier molecular flexibility index (Phi) is 5.99. The van der Waals surface area contributed by atoms with Gasteiger partial charge in [-0.15, -0.1) is 11.8 Å². The minimum atomic E-state index is -0.907. The zero-order valence-electron chi connectivity index (χ0n) is 10.6. The van der Waals surface area contributed by atoms with Crippen molar-refractivity contribution in [2.45, 2.75) is 30.2 Å². The van der Waals surface area contributed by atoms with E-state index in [1.807, 2.05) is 24.3 Å². The number of hydrogen-bond donors (Lipinski definition) is 1. The van der Waals surface area contributed by atoms with Crippen LogP contribution in [0.15, 0.2) is 29.2 Å². The average Bonchev–Trinajstić information content (AvgIpc) is 2.35. The van der Waals surface area contributed by atoms with Crippen LogP contribution in [0.1, 0.15) is 19.8 Å². The third-order valence-corrected chi connectivity index (χ3v) is 4.19. The van der Waals surface area contributed by atoms with E-state index in [1.165, 1.54) is 7.11 Å². The van der Waals surface area contributed by atoms with Crippen molar-refractivity contribution >= 4 is 29.3 Å². The van der Waals surface area contributed by atoms with Crippen molar-refractivity contribution in [1.82, 2.24) is 0 Å². The summed E-state index contributed by atoms with van der Waals surface area (Å²) in [7, 11) is 1.35. The first-order valence-electron chi connectivity index (χ1n) is 5.72. The summed E-state index contributed by atoms with van der Waals surface area (Å²) in [5.74, 6) is 0.498. The van der Waals surface area contributed by atoms with Gasteiger partial charge in [0.2, 0.25) is 0 Å². The predicted octanol–water partition coefficient (Wildman–Crippen LogP) is 3.10. The third kappa shape index (κ3) is 4.52. The molecule has 0 spiro atoms. The molecule has 1 aromatic carbocycles. The summed E-state index contributed by atoms with van der Waals surface area (Å²) >= 11 is 7.71. The maximum atomic E-state index is 11.4. The summed E-state index contributed by atoms with van der Waals surface area (Å²) < 4.78 is 4.66. The topological polar surface area (TPSA) is 52.3 Å². The molecule has 3 nitrogen and oxygen atoms in total. The normalized spacial score (nSPS) is 14.0. The van der Waals surface area contributed by atoms with Crippen LogP contribution in [-0.4, -0.2) is 24.4 Å². The molecule has 0 fully saturated rings. The highest BCUT2D eigenvalue weighted by Gasteiger charge is 2.28. The van der Waals surface area contributed by atoms with Crippen LogP contribution in [0, 0.1) is 0 Å². The van der Waals surface area contributed by atoms with E-state index in [9.17, 15) is 4.79 Å². The summed E-state index contributed by atoms with van der Waals surface area (Å²) in [5.41, 5.74) is 4.96. The summed E-state index contributed by atoms with van der Waals surface area (Å²) in [5, 5.41) is 0.756. The van der Waals surface area contributed by atoms with Gasteiger partial charge in [-0.3, -0.25) is 4.79 Å². The molecule has 0 amide bonds. The number of rotatable bonds is 6. The van der Waals surface area contributed by atoms with Crippen LogP contribution in [-0.2, 0) is 9.53 Å². The van der Waals surface area contributed by atoms with Crippen molar-refractivity contribution < 1.29 is 9.53 Å². The number of halogens is 1. The molecule has 0 bridgehead atoms. The largest absolute Gasteiger partial charge is 0.468 e. The van der Waals surface area contributed by atoms with Crippen LogP contribution < -0.4 is 5.73 Å². The van der Waals surface area contributed by atoms with E-state index in [4.69, 9.17) is 17.3 Å². The van der Waals surface area contributed by atoms with Crippen LogP contribution in [0.4, 0.5) is 0 Å². The molecule has 1 unspecified atom stereocenters. The van der Waals surface area contributed by atoms with Gasteiger partial charge >= 0.3 is 5.97 Å². The summed E-state index contributed by atoms with van der Waals surface area (Å²) in [6.07, 6.45) is 1.43. The minimum absolute atomic E-state index is 0.370. The molecule has 0 heterocycles. The lowest BCUT2D eigenvalue weighted by Gasteiger charge is -2.20. The average molecular weight is 288 g/mol. The maximum absolute atomic E-state index is 11.4. The van der Waals surface area contributed by atoms with Gasteiger partial charge in [0.05, 0.1) is 12.1 Å². The minimum Gasteiger partial charge on any atom is -0.468 e. The number of esters is 1. The van der Waals surface area contributed by atoms with E-state index in [-0.39, 0.29) is 5.97 Å². The van der Waals surface area contributed by atoms with E-state index in [0.29, 0.717) is 6.42 Å². The Morgan fingerprint density at radius 2 is 2.17 bits per heavy atom. The molecular formula is C13H18ClNO2S. The Morgan fingerprint density at radius 3 is 2.78 bits per heavy atom. The lowest BCUT2D eigenvalue weighted by atomic mass is 9.98. The number of hydrogen-bond acceptors (Lipinski definition) is 4. The van der Waals surface area contributed by atoms with Gasteiger partial charge in [0, 0.05) is 4.90 Å². The molecule has 1 aromatic rings. The number of ether oxygens (including phenoxy) is 1. The lowest BCUT2D eigenvalue weighted by molar-refractivity contribution is -0.146. The van der Waals surface area contributed by atoms with Crippen LogP contribution >= 0.6 is 23.4 Å². The fourth-order valence-corrected chi connectivity index (χ4v) is 2.71. The second-order valence-corrected chi connectivity index (χ2v) is 5.84. The molecule has 0 saturated heterocycles. The first-order valence-corrected chi connectivity index (χ1v) is 7.08. The maximum Gasteiger partial charge on any atom is 0.325 e. The van der Waals surface area contributed by atoms with Crippen molar-refractivity contribution in [1.29, 1.82) is 0 Å². The molecular weight excluding hydrogens is 270 g/mol. The fourth-order valence-electron chi connectivity index (χ4n) is 1.52. The summed E-state index contributed by atoms with van der Waals surface area (Å²) in [4.78, 5) is 12.4. The van der Waals surface area contributed by atoms with E-state index in [0.717, 1.165) is 22.1 Å². The number of thioether (sulfide) groups is 1. The van der Waals surface area contributed by atoms with Gasteiger partial charge in [-0.2, -0.15) is 0 Å². The Morgan fingerprint density at radius 1 is 1.50 bits per heavy atom. The smallest absolute Gasteiger partial charge is 0.325 e. The van der Waals surface area contributed by atoms with Gasteiger partial charge in [-0.25, -0.2) is 0 Å². The summed E-state index contributed by atoms with van der Waals surface area (Å²) in [6.45, 7) is 1.69. The van der Waals surface area contributed by atoms with Crippen LogP contribution in [0.25, 0.3) is 0 Å². The first-order chi connectivity index (χ1) is 8.47. The zero-order chi connectivity index (χ0) is 13.6. The highest BCUT2D eigenvalue weighted by atomic mass is 35.5. The molecule has 18 heavy (non-hydrogen) atoms. The van der Waals surface area contributed by atoms with Crippen LogP contribution in [0.5, 0.6) is 0 Å². The van der Waals surface area contributed by atoms with Gasteiger partial charge in [0.1, 0.15) is 5.54 Å². The van der Waals surface area contributed by atoms with E-state index in [2.05, 4.69) is 4.74 Å². The Bertz CT molecular complexity index is 410. The molecule has 0 aliphatic heterocycles. The van der Waals surface area contributed by atoms with Gasteiger partial charge in [0.25, 0.3) is 0 Å². The molecule has 0 aromatic heterocycles. The number of carbonyl (C=O) groups excluding carboxylic acids is 1. The standard InChI is InChI=1S/C13H18ClNO2S/c1-13(15,12(16)17-2)8-5-9-18-11-7-4-3-6-10(11)14/h3-4,6-7H,5,8-9,15H2,1-2H3. The van der Waals surface area contributed by atoms with Crippen molar-refractivity contribution in [2.24, 2.45) is 5.73 Å². The molecule has 0 radical (unpaired) electrons. The molecule has 1 atom stereocenters. The van der Waals surface area contributed by atoms with Gasteiger partial charge < -0.3 is 10.5 Å². The van der Waals surface area contributed by atoms with E-state index < -0.39 is 5.54 Å². The first kappa shape index (κ1) is 15.3. The van der Waals surface area contributed by atoms with E-state index in [1.54, 1.807) is 18.7 Å².